The van der Waals surface area contributed by atoms with Crippen molar-refractivity contribution in [3.63, 3.8) is 0 Å². The van der Waals surface area contributed by atoms with Gasteiger partial charge in [0.25, 0.3) is 5.91 Å². The minimum atomic E-state index is -1.26. The SMILES string of the molecule is CC(C)(C)[C@H](NC(=O)[C@H]1CCOC1)C(=O)N1C[C@H]2[C@@H]([C@H]1C(=O)N[C@H](C#N)C[C@@H]1Oc3cc(F)c(F)cc3NC1=O)C2(C)C. The number of nitriles is 1. The lowest BCUT2D eigenvalue weighted by molar-refractivity contribution is -0.146. The van der Waals surface area contributed by atoms with Gasteiger partial charge in [0.05, 0.1) is 24.3 Å². The molecule has 13 heteroatoms. The molecule has 0 spiro atoms. The number of nitrogens with one attached hydrogen (secondary N) is 3. The third-order valence-corrected chi connectivity index (χ3v) is 9.22. The van der Waals surface area contributed by atoms with Crippen LogP contribution in [0.1, 0.15) is 47.5 Å². The van der Waals surface area contributed by atoms with Crippen molar-refractivity contribution >= 4 is 29.3 Å². The number of nitrogens with zero attached hydrogens (tertiary/aromatic N) is 2. The molecule has 3 heterocycles. The molecule has 0 unspecified atom stereocenters. The van der Waals surface area contributed by atoms with Crippen LogP contribution in [0.3, 0.4) is 0 Å². The summed E-state index contributed by atoms with van der Waals surface area (Å²) in [7, 11) is 0. The second-order valence-corrected chi connectivity index (χ2v) is 13.5. The number of amides is 4. The molecule has 3 N–H and O–H groups in total. The first-order valence-electron chi connectivity index (χ1n) is 14.5. The fourth-order valence-electron chi connectivity index (χ4n) is 6.54. The topological polar surface area (TPSA) is 150 Å². The molecule has 5 rings (SSSR count). The van der Waals surface area contributed by atoms with E-state index >= 15 is 0 Å². The first-order chi connectivity index (χ1) is 20.1. The number of carbonyl (C=O) groups is 4. The summed E-state index contributed by atoms with van der Waals surface area (Å²) in [5.74, 6) is -4.72. The summed E-state index contributed by atoms with van der Waals surface area (Å²) in [6, 6.07) is 0.602. The van der Waals surface area contributed by atoms with E-state index in [1.165, 1.54) is 4.90 Å². The summed E-state index contributed by atoms with van der Waals surface area (Å²) in [6.45, 7) is 10.7. The molecule has 1 aliphatic carbocycles. The molecular weight excluding hydrogens is 564 g/mol. The van der Waals surface area contributed by atoms with E-state index in [0.29, 0.717) is 26.2 Å². The van der Waals surface area contributed by atoms with Gasteiger partial charge in [0.2, 0.25) is 17.7 Å². The third-order valence-electron chi connectivity index (χ3n) is 9.22. The van der Waals surface area contributed by atoms with Gasteiger partial charge in [-0.15, -0.1) is 0 Å². The highest BCUT2D eigenvalue weighted by atomic mass is 19.2. The monoisotopic (exact) mass is 601 g/mol. The van der Waals surface area contributed by atoms with Crippen molar-refractivity contribution in [2.75, 3.05) is 25.1 Å². The maximum Gasteiger partial charge on any atom is 0.265 e. The molecule has 2 saturated heterocycles. The standard InChI is InChI=1S/C30H37F2N5O6/c1-29(2,3)24(36-25(38)14-6-7-42-13-14)28(41)37-12-16-22(30(16,4)5)23(37)27(40)34-15(11-33)8-21-26(39)35-19-9-17(31)18(32)10-20(19)43-21/h9-10,14-16,21-24H,6-8,12-13H2,1-5H3,(H,34,40)(H,35,39)(H,36,38)/t14-,15-,16-,21-,22-,23-,24+/m0/s1. The summed E-state index contributed by atoms with van der Waals surface area (Å²) < 4.78 is 38.2. The van der Waals surface area contributed by atoms with Crippen LogP contribution in [0.4, 0.5) is 14.5 Å². The Hall–Kier alpha value is -3.79. The highest BCUT2D eigenvalue weighted by molar-refractivity contribution is 5.98. The number of halogens is 2. The second-order valence-electron chi connectivity index (χ2n) is 13.5. The lowest BCUT2D eigenvalue weighted by Gasteiger charge is -2.38. The minimum Gasteiger partial charge on any atom is -0.478 e. The highest BCUT2D eigenvalue weighted by Gasteiger charge is 2.69. The van der Waals surface area contributed by atoms with Crippen LogP contribution in [0.15, 0.2) is 12.1 Å². The molecule has 1 saturated carbocycles. The summed E-state index contributed by atoms with van der Waals surface area (Å²) in [5, 5.41) is 17.9. The predicted molar refractivity (Wildman–Crippen MR) is 148 cm³/mol. The van der Waals surface area contributed by atoms with Gasteiger partial charge in [-0.05, 0) is 29.1 Å². The zero-order valence-corrected chi connectivity index (χ0v) is 24.8. The van der Waals surface area contributed by atoms with Crippen molar-refractivity contribution in [2.45, 2.75) is 71.7 Å². The van der Waals surface area contributed by atoms with Crippen LogP contribution in [0.5, 0.6) is 5.75 Å². The number of carbonyl (C=O) groups excluding carboxylic acids is 4. The maximum atomic E-state index is 14.0. The molecule has 3 fully saturated rings. The minimum absolute atomic E-state index is 0.0410. The number of fused-ring (bicyclic) bond motifs is 2. The van der Waals surface area contributed by atoms with Crippen LogP contribution in [0.2, 0.25) is 0 Å². The first kappa shape index (κ1) is 30.7. The van der Waals surface area contributed by atoms with Crippen LogP contribution < -0.4 is 20.7 Å². The van der Waals surface area contributed by atoms with E-state index in [-0.39, 0.29) is 52.8 Å². The Morgan fingerprint density at radius 1 is 1.19 bits per heavy atom. The molecule has 232 valence electrons. The Balaban J connectivity index is 1.31. The normalized spacial score (nSPS) is 28.4. The lowest BCUT2D eigenvalue weighted by Crippen LogP contribution is -2.60. The fourth-order valence-corrected chi connectivity index (χ4v) is 6.54. The third kappa shape index (κ3) is 5.77. The average Bonchev–Trinajstić information content (AvgIpc) is 3.38. The van der Waals surface area contributed by atoms with Gasteiger partial charge in [-0.3, -0.25) is 19.2 Å². The zero-order valence-electron chi connectivity index (χ0n) is 24.8. The lowest BCUT2D eigenvalue weighted by atomic mass is 9.84. The van der Waals surface area contributed by atoms with Crippen molar-refractivity contribution in [1.29, 1.82) is 5.26 Å². The number of anilines is 1. The molecule has 43 heavy (non-hydrogen) atoms. The number of piperidine rings is 1. The van der Waals surface area contributed by atoms with Crippen LogP contribution in [0.25, 0.3) is 0 Å². The summed E-state index contributed by atoms with van der Waals surface area (Å²) in [5.41, 5.74) is -0.909. The van der Waals surface area contributed by atoms with Crippen LogP contribution in [-0.4, -0.2) is 72.5 Å². The van der Waals surface area contributed by atoms with Crippen molar-refractivity contribution in [3.05, 3.63) is 23.8 Å². The Morgan fingerprint density at radius 3 is 2.51 bits per heavy atom. The number of ether oxygens (including phenoxy) is 2. The van der Waals surface area contributed by atoms with Gasteiger partial charge in [-0.1, -0.05) is 34.6 Å². The molecule has 7 atom stereocenters. The predicted octanol–water partition coefficient (Wildman–Crippen LogP) is 2.11. The van der Waals surface area contributed by atoms with Crippen LogP contribution in [0, 0.1) is 51.5 Å². The Labute approximate surface area is 248 Å². The maximum absolute atomic E-state index is 14.0. The quantitative estimate of drug-likeness (QED) is 0.433. The number of hydrogen-bond acceptors (Lipinski definition) is 7. The second kappa shape index (κ2) is 11.0. The smallest absolute Gasteiger partial charge is 0.265 e. The zero-order chi connectivity index (χ0) is 31.4. The van der Waals surface area contributed by atoms with Gasteiger partial charge >= 0.3 is 0 Å². The van der Waals surface area contributed by atoms with Crippen LogP contribution in [-0.2, 0) is 23.9 Å². The molecule has 4 amide bonds. The molecule has 0 aromatic heterocycles. The molecule has 4 aliphatic rings. The van der Waals surface area contributed by atoms with Gasteiger partial charge in [-0.2, -0.15) is 5.26 Å². The van der Waals surface area contributed by atoms with Crippen LogP contribution >= 0.6 is 0 Å². The van der Waals surface area contributed by atoms with Gasteiger partial charge in [-0.25, -0.2) is 8.78 Å². The number of benzene rings is 1. The largest absolute Gasteiger partial charge is 0.478 e. The van der Waals surface area contributed by atoms with Gasteiger partial charge < -0.3 is 30.3 Å². The van der Waals surface area contributed by atoms with Crippen molar-refractivity contribution in [3.8, 4) is 11.8 Å². The highest BCUT2D eigenvalue weighted by Crippen LogP contribution is 2.65. The van der Waals surface area contributed by atoms with Crippen molar-refractivity contribution in [1.82, 2.24) is 15.5 Å². The van der Waals surface area contributed by atoms with Crippen molar-refractivity contribution in [2.24, 2.45) is 28.6 Å². The van der Waals surface area contributed by atoms with E-state index in [1.807, 2.05) is 40.7 Å². The average molecular weight is 602 g/mol. The molecule has 1 aromatic carbocycles. The number of hydrogen-bond donors (Lipinski definition) is 3. The summed E-state index contributed by atoms with van der Waals surface area (Å²) >= 11 is 0. The van der Waals surface area contributed by atoms with Gasteiger partial charge in [0.1, 0.15) is 23.9 Å². The first-order valence-corrected chi connectivity index (χ1v) is 14.5. The molecular formula is C30H37F2N5O6. The van der Waals surface area contributed by atoms with E-state index in [4.69, 9.17) is 9.47 Å². The van der Waals surface area contributed by atoms with E-state index in [1.54, 1.807) is 0 Å². The van der Waals surface area contributed by atoms with Gasteiger partial charge in [0.15, 0.2) is 17.7 Å². The van der Waals surface area contributed by atoms with Crippen molar-refractivity contribution < 1.29 is 37.4 Å². The van der Waals surface area contributed by atoms with Gasteiger partial charge in [0, 0.05) is 31.7 Å². The number of rotatable bonds is 7. The van der Waals surface area contributed by atoms with E-state index in [9.17, 15) is 33.2 Å². The molecule has 0 radical (unpaired) electrons. The Kier molecular flexibility index (Phi) is 7.88. The molecule has 1 aromatic rings. The van der Waals surface area contributed by atoms with E-state index in [0.717, 1.165) is 12.1 Å². The summed E-state index contributed by atoms with van der Waals surface area (Å²) in [4.78, 5) is 54.9. The molecule has 3 aliphatic heterocycles. The fraction of sp³-hybridized carbons (Fsp3) is 0.633. The Bertz CT molecular complexity index is 1380. The number of likely N-dealkylation sites (tertiary alicyclic amines) is 1. The Morgan fingerprint density at radius 2 is 1.88 bits per heavy atom. The molecule has 0 bridgehead atoms. The van der Waals surface area contributed by atoms with E-state index < -0.39 is 53.1 Å². The summed E-state index contributed by atoms with van der Waals surface area (Å²) in [6.07, 6.45) is -0.956. The molecule has 11 nitrogen and oxygen atoms in total. The van der Waals surface area contributed by atoms with E-state index in [2.05, 4.69) is 16.0 Å².